The van der Waals surface area contributed by atoms with Crippen molar-refractivity contribution in [2.75, 3.05) is 10.6 Å². The zero-order valence-electron chi connectivity index (χ0n) is 16.0. The number of carbonyl (C=O) groups is 2. The highest BCUT2D eigenvalue weighted by atomic mass is 19.1. The number of carbonyl (C=O) groups excluding carboxylic acids is 2. The first-order valence-electron chi connectivity index (χ1n) is 9.03. The first-order valence-corrected chi connectivity index (χ1v) is 9.03. The molecule has 0 saturated carbocycles. The van der Waals surface area contributed by atoms with Gasteiger partial charge in [0.05, 0.1) is 11.8 Å². The molecule has 2 amide bonds. The van der Waals surface area contributed by atoms with Crippen LogP contribution in [0.4, 0.5) is 15.8 Å². The van der Waals surface area contributed by atoms with E-state index in [2.05, 4.69) is 15.6 Å². The zero-order chi connectivity index (χ0) is 20.8. The summed E-state index contributed by atoms with van der Waals surface area (Å²) < 4.78 is 18.7. The van der Waals surface area contributed by atoms with Gasteiger partial charge in [-0.2, -0.15) is 0 Å². The van der Waals surface area contributed by atoms with Gasteiger partial charge in [0, 0.05) is 5.69 Å². The summed E-state index contributed by atoms with van der Waals surface area (Å²) in [5.74, 6) is -0.835. The smallest absolute Gasteiger partial charge is 0.274 e. The summed E-state index contributed by atoms with van der Waals surface area (Å²) >= 11 is 0. The van der Waals surface area contributed by atoms with E-state index >= 15 is 0 Å². The number of nitrogens with one attached hydrogen (secondary N) is 2. The second-order valence-corrected chi connectivity index (χ2v) is 6.49. The van der Waals surface area contributed by atoms with E-state index < -0.39 is 17.6 Å². The number of rotatable bonds is 6. The van der Waals surface area contributed by atoms with E-state index in [1.165, 1.54) is 36.4 Å². The zero-order valence-corrected chi connectivity index (χ0v) is 16.0. The van der Waals surface area contributed by atoms with E-state index in [1.54, 1.807) is 24.3 Å². The molecule has 0 unspecified atom stereocenters. The number of hydrogen-bond donors (Lipinski definition) is 2. The normalized spacial score (nSPS) is 10.5. The van der Waals surface area contributed by atoms with Crippen LogP contribution >= 0.6 is 0 Å². The predicted molar refractivity (Wildman–Crippen MR) is 109 cm³/mol. The van der Waals surface area contributed by atoms with Crippen LogP contribution < -0.4 is 15.4 Å². The first-order chi connectivity index (χ1) is 13.9. The summed E-state index contributed by atoms with van der Waals surface area (Å²) in [6.45, 7) is 3.78. The first kappa shape index (κ1) is 20.0. The molecular formula is C22H20FN3O3. The molecule has 0 saturated heterocycles. The lowest BCUT2D eigenvalue weighted by Crippen LogP contribution is -2.19. The van der Waals surface area contributed by atoms with Gasteiger partial charge in [-0.1, -0.05) is 18.2 Å². The topological polar surface area (TPSA) is 80.3 Å². The summed E-state index contributed by atoms with van der Waals surface area (Å²) in [5, 5.41) is 5.37. The number of anilines is 2. The number of benzene rings is 2. The molecule has 0 fully saturated rings. The molecule has 0 bridgehead atoms. The van der Waals surface area contributed by atoms with Gasteiger partial charge in [-0.15, -0.1) is 0 Å². The number of para-hydroxylation sites is 2. The Morgan fingerprint density at radius 3 is 2.14 bits per heavy atom. The van der Waals surface area contributed by atoms with Gasteiger partial charge in [0.25, 0.3) is 11.8 Å². The fourth-order valence-corrected chi connectivity index (χ4v) is 2.53. The van der Waals surface area contributed by atoms with Crippen LogP contribution in [0.3, 0.4) is 0 Å². The van der Waals surface area contributed by atoms with Gasteiger partial charge in [-0.05, 0) is 62.4 Å². The summed E-state index contributed by atoms with van der Waals surface area (Å²) in [4.78, 5) is 29.1. The minimum Gasteiger partial charge on any atom is -0.489 e. The molecule has 7 heteroatoms. The third kappa shape index (κ3) is 5.38. The Hall–Kier alpha value is -3.74. The van der Waals surface area contributed by atoms with Crippen LogP contribution in [0.1, 0.15) is 34.8 Å². The molecular weight excluding hydrogens is 373 g/mol. The standard InChI is InChI=1S/C22H20FN3O3/c1-14(2)29-20-9-4-3-6-17(20)26-22(28)19-8-5-7-18(25-19)21(27)24-16-12-10-15(23)11-13-16/h3-14H,1-2H3,(H,24,27)(H,26,28). The molecule has 3 rings (SSSR count). The van der Waals surface area contributed by atoms with E-state index in [0.717, 1.165) is 0 Å². The van der Waals surface area contributed by atoms with E-state index in [9.17, 15) is 14.0 Å². The maximum atomic E-state index is 13.0. The van der Waals surface area contributed by atoms with Crippen molar-refractivity contribution in [1.82, 2.24) is 4.98 Å². The Balaban J connectivity index is 1.74. The molecule has 29 heavy (non-hydrogen) atoms. The largest absolute Gasteiger partial charge is 0.489 e. The Morgan fingerprint density at radius 2 is 1.48 bits per heavy atom. The SMILES string of the molecule is CC(C)Oc1ccccc1NC(=O)c1cccc(C(=O)Nc2ccc(F)cc2)n1. The minimum absolute atomic E-state index is 0.0512. The number of ether oxygens (including phenoxy) is 1. The fourth-order valence-electron chi connectivity index (χ4n) is 2.53. The molecule has 0 aliphatic rings. The molecule has 148 valence electrons. The molecule has 0 spiro atoms. The van der Waals surface area contributed by atoms with Crippen LogP contribution in [0.2, 0.25) is 0 Å². The summed E-state index contributed by atoms with van der Waals surface area (Å²) in [7, 11) is 0. The van der Waals surface area contributed by atoms with Crippen LogP contribution in [0.25, 0.3) is 0 Å². The molecule has 2 aromatic carbocycles. The lowest BCUT2D eigenvalue weighted by molar-refractivity contribution is 0.101. The van der Waals surface area contributed by atoms with Crippen molar-refractivity contribution >= 4 is 23.2 Å². The molecule has 0 aliphatic heterocycles. The van der Waals surface area contributed by atoms with Crippen LogP contribution in [-0.2, 0) is 0 Å². The van der Waals surface area contributed by atoms with Gasteiger partial charge in [0.1, 0.15) is 23.0 Å². The molecule has 0 aliphatic carbocycles. The monoisotopic (exact) mass is 393 g/mol. The molecule has 0 atom stereocenters. The number of amides is 2. The average molecular weight is 393 g/mol. The number of halogens is 1. The molecule has 3 aromatic rings. The highest BCUT2D eigenvalue weighted by Gasteiger charge is 2.15. The second kappa shape index (κ2) is 8.97. The number of hydrogen-bond acceptors (Lipinski definition) is 4. The molecule has 1 aromatic heterocycles. The molecule has 0 radical (unpaired) electrons. The van der Waals surface area contributed by atoms with Crippen molar-refractivity contribution in [2.24, 2.45) is 0 Å². The van der Waals surface area contributed by atoms with Gasteiger partial charge in [-0.25, -0.2) is 9.37 Å². The van der Waals surface area contributed by atoms with Crippen LogP contribution in [0.5, 0.6) is 5.75 Å². The molecule has 2 N–H and O–H groups in total. The quantitative estimate of drug-likeness (QED) is 0.646. The predicted octanol–water partition coefficient (Wildman–Crippen LogP) is 4.51. The van der Waals surface area contributed by atoms with Crippen molar-refractivity contribution in [1.29, 1.82) is 0 Å². The second-order valence-electron chi connectivity index (χ2n) is 6.49. The van der Waals surface area contributed by atoms with E-state index in [4.69, 9.17) is 4.74 Å². The molecule has 6 nitrogen and oxygen atoms in total. The minimum atomic E-state index is -0.505. The maximum Gasteiger partial charge on any atom is 0.274 e. The van der Waals surface area contributed by atoms with Crippen LogP contribution in [0, 0.1) is 5.82 Å². The Morgan fingerprint density at radius 1 is 0.862 bits per heavy atom. The summed E-state index contributed by atoms with van der Waals surface area (Å²) in [6.07, 6.45) is -0.0512. The third-order valence-corrected chi connectivity index (χ3v) is 3.81. The lowest BCUT2D eigenvalue weighted by Gasteiger charge is -2.14. The van der Waals surface area contributed by atoms with Crippen molar-refractivity contribution in [3.8, 4) is 5.75 Å². The van der Waals surface area contributed by atoms with Gasteiger partial charge in [0.15, 0.2) is 0 Å². The van der Waals surface area contributed by atoms with Crippen molar-refractivity contribution in [3.05, 3.63) is 83.9 Å². The van der Waals surface area contributed by atoms with E-state index in [-0.39, 0.29) is 17.5 Å². The Labute approximate surface area is 167 Å². The highest BCUT2D eigenvalue weighted by Crippen LogP contribution is 2.25. The fraction of sp³-hybridized carbons (Fsp3) is 0.136. The average Bonchev–Trinajstić information content (AvgIpc) is 2.71. The third-order valence-electron chi connectivity index (χ3n) is 3.81. The van der Waals surface area contributed by atoms with E-state index in [0.29, 0.717) is 17.1 Å². The number of nitrogens with zero attached hydrogens (tertiary/aromatic N) is 1. The summed E-state index contributed by atoms with van der Waals surface area (Å²) in [6, 6.07) is 17.0. The summed E-state index contributed by atoms with van der Waals surface area (Å²) in [5.41, 5.74) is 1.08. The van der Waals surface area contributed by atoms with E-state index in [1.807, 2.05) is 19.9 Å². The Kier molecular flexibility index (Phi) is 6.19. The maximum absolute atomic E-state index is 13.0. The number of pyridine rings is 1. The highest BCUT2D eigenvalue weighted by molar-refractivity contribution is 6.06. The lowest BCUT2D eigenvalue weighted by atomic mass is 10.2. The van der Waals surface area contributed by atoms with Gasteiger partial charge in [-0.3, -0.25) is 9.59 Å². The van der Waals surface area contributed by atoms with Crippen molar-refractivity contribution in [2.45, 2.75) is 20.0 Å². The van der Waals surface area contributed by atoms with Gasteiger partial charge in [0.2, 0.25) is 0 Å². The van der Waals surface area contributed by atoms with Crippen LogP contribution in [-0.4, -0.2) is 22.9 Å². The Bertz CT molecular complexity index is 1020. The molecule has 1 heterocycles. The van der Waals surface area contributed by atoms with Crippen LogP contribution in [0.15, 0.2) is 66.7 Å². The van der Waals surface area contributed by atoms with Gasteiger partial charge < -0.3 is 15.4 Å². The van der Waals surface area contributed by atoms with Crippen molar-refractivity contribution < 1.29 is 18.7 Å². The van der Waals surface area contributed by atoms with Crippen molar-refractivity contribution in [3.63, 3.8) is 0 Å². The van der Waals surface area contributed by atoms with Gasteiger partial charge >= 0.3 is 0 Å². The number of aromatic nitrogens is 1.